The number of aromatic nitrogens is 4. The first kappa shape index (κ1) is 23.7. The monoisotopic (exact) mass is 482 g/mol. The van der Waals surface area contributed by atoms with Gasteiger partial charge in [0.15, 0.2) is 5.82 Å². The third-order valence-corrected chi connectivity index (χ3v) is 6.63. The summed E-state index contributed by atoms with van der Waals surface area (Å²) in [7, 11) is 0. The molecule has 36 heavy (non-hydrogen) atoms. The van der Waals surface area contributed by atoms with Gasteiger partial charge in [-0.25, -0.2) is 9.36 Å². The minimum Gasteiger partial charge on any atom is -0.339 e. The molecule has 2 aromatic carbocycles. The third kappa shape index (κ3) is 4.99. The maximum Gasteiger partial charge on any atom is 0.267 e. The van der Waals surface area contributed by atoms with E-state index in [-0.39, 0.29) is 24.1 Å². The van der Waals surface area contributed by atoms with Gasteiger partial charge in [-0.2, -0.15) is 5.10 Å². The highest BCUT2D eigenvalue weighted by molar-refractivity contribution is 5.76. The van der Waals surface area contributed by atoms with Crippen molar-refractivity contribution in [3.63, 3.8) is 0 Å². The van der Waals surface area contributed by atoms with Crippen molar-refractivity contribution >= 4 is 5.91 Å². The van der Waals surface area contributed by atoms with Gasteiger partial charge in [0.05, 0.1) is 11.7 Å². The van der Waals surface area contributed by atoms with Gasteiger partial charge in [0.25, 0.3) is 5.56 Å². The van der Waals surface area contributed by atoms with Gasteiger partial charge in [0, 0.05) is 37.9 Å². The first-order valence-electron chi connectivity index (χ1n) is 12.2. The summed E-state index contributed by atoms with van der Waals surface area (Å²) in [5.41, 5.74) is 3.95. The summed E-state index contributed by atoms with van der Waals surface area (Å²) in [6, 6.07) is 26.1. The van der Waals surface area contributed by atoms with E-state index in [1.165, 1.54) is 21.9 Å². The molecule has 0 spiro atoms. The van der Waals surface area contributed by atoms with E-state index in [1.54, 1.807) is 10.7 Å². The van der Waals surface area contributed by atoms with Gasteiger partial charge < -0.3 is 4.90 Å². The van der Waals surface area contributed by atoms with Crippen molar-refractivity contribution in [2.75, 3.05) is 26.2 Å². The molecule has 0 atom stereocenters. The molecule has 8 nitrogen and oxygen atoms in total. The molecule has 0 N–H and O–H groups in total. The standard InChI is InChI=1S/C28H30N6O2/c1-21-19-22(2)34(29-21)25-13-14-26(35)33(30-25)20-27(36)31-15-17-32(18-16-31)28(23-9-5-3-6-10-23)24-11-7-4-8-12-24/h3-14,19,28H,15-18,20H2,1-2H3. The Morgan fingerprint density at radius 3 is 2.00 bits per heavy atom. The average Bonchev–Trinajstić information content (AvgIpc) is 3.25. The Hall–Kier alpha value is -4.04. The lowest BCUT2D eigenvalue weighted by Gasteiger charge is -2.39. The molecule has 3 heterocycles. The van der Waals surface area contributed by atoms with Crippen LogP contribution in [-0.2, 0) is 11.3 Å². The van der Waals surface area contributed by atoms with E-state index in [1.807, 2.05) is 36.9 Å². The number of hydrogen-bond acceptors (Lipinski definition) is 5. The summed E-state index contributed by atoms with van der Waals surface area (Å²) in [4.78, 5) is 29.8. The zero-order valence-corrected chi connectivity index (χ0v) is 20.6. The van der Waals surface area contributed by atoms with Crippen LogP contribution in [0.5, 0.6) is 0 Å². The summed E-state index contributed by atoms with van der Waals surface area (Å²) < 4.78 is 2.92. The average molecular weight is 483 g/mol. The zero-order chi connectivity index (χ0) is 25.1. The molecule has 1 amide bonds. The van der Waals surface area contributed by atoms with Gasteiger partial charge in [-0.1, -0.05) is 60.7 Å². The maximum atomic E-state index is 13.1. The number of benzene rings is 2. The minimum atomic E-state index is -0.305. The van der Waals surface area contributed by atoms with Gasteiger partial charge in [-0.05, 0) is 37.1 Å². The van der Waals surface area contributed by atoms with E-state index in [9.17, 15) is 9.59 Å². The maximum absolute atomic E-state index is 13.1. The van der Waals surface area contributed by atoms with E-state index in [4.69, 9.17) is 0 Å². The summed E-state index contributed by atoms with van der Waals surface area (Å²) >= 11 is 0. The molecule has 1 saturated heterocycles. The van der Waals surface area contributed by atoms with E-state index >= 15 is 0 Å². The highest BCUT2D eigenvalue weighted by Crippen LogP contribution is 2.29. The predicted molar refractivity (Wildman–Crippen MR) is 138 cm³/mol. The van der Waals surface area contributed by atoms with Gasteiger partial charge in [0.1, 0.15) is 6.54 Å². The molecule has 184 valence electrons. The number of nitrogens with zero attached hydrogens (tertiary/aromatic N) is 6. The zero-order valence-electron chi connectivity index (χ0n) is 20.6. The van der Waals surface area contributed by atoms with Crippen LogP contribution in [0.2, 0.25) is 0 Å². The third-order valence-electron chi connectivity index (χ3n) is 6.63. The quantitative estimate of drug-likeness (QED) is 0.422. The van der Waals surface area contributed by atoms with Crippen LogP contribution < -0.4 is 5.56 Å². The fraction of sp³-hybridized carbons (Fsp3) is 0.286. The Kier molecular flexibility index (Phi) is 6.77. The first-order valence-corrected chi connectivity index (χ1v) is 12.2. The molecule has 8 heteroatoms. The second-order valence-corrected chi connectivity index (χ2v) is 9.17. The van der Waals surface area contributed by atoms with Gasteiger partial charge >= 0.3 is 0 Å². The topological polar surface area (TPSA) is 76.3 Å². The van der Waals surface area contributed by atoms with Crippen LogP contribution in [0.15, 0.2) is 83.7 Å². The molecule has 0 unspecified atom stereocenters. The van der Waals surface area contributed by atoms with Crippen LogP contribution in [0.3, 0.4) is 0 Å². The van der Waals surface area contributed by atoms with Crippen LogP contribution in [0.1, 0.15) is 28.6 Å². The number of carbonyl (C=O) groups excluding carboxylic acids is 1. The fourth-order valence-corrected chi connectivity index (χ4v) is 4.87. The highest BCUT2D eigenvalue weighted by Gasteiger charge is 2.28. The second-order valence-electron chi connectivity index (χ2n) is 9.17. The van der Waals surface area contributed by atoms with Crippen LogP contribution in [0.4, 0.5) is 0 Å². The highest BCUT2D eigenvalue weighted by atomic mass is 16.2. The normalized spacial score (nSPS) is 14.4. The lowest BCUT2D eigenvalue weighted by molar-refractivity contribution is -0.134. The van der Waals surface area contributed by atoms with Crippen LogP contribution >= 0.6 is 0 Å². The Labute approximate surface area is 210 Å². The van der Waals surface area contributed by atoms with Crippen molar-refractivity contribution in [3.8, 4) is 5.82 Å². The molecule has 1 aliphatic heterocycles. The SMILES string of the molecule is Cc1cc(C)n(-c2ccc(=O)n(CC(=O)N3CCN(C(c4ccccc4)c4ccccc4)CC3)n2)n1. The first-order chi connectivity index (χ1) is 17.5. The molecule has 0 saturated carbocycles. The molecule has 0 radical (unpaired) electrons. The molecule has 0 bridgehead atoms. The second kappa shape index (κ2) is 10.3. The number of piperazine rings is 1. The summed E-state index contributed by atoms with van der Waals surface area (Å²) in [5, 5.41) is 8.85. The van der Waals surface area contributed by atoms with Crippen LogP contribution in [-0.4, -0.2) is 61.4 Å². The molecular formula is C28H30N6O2. The fourth-order valence-electron chi connectivity index (χ4n) is 4.87. The van der Waals surface area contributed by atoms with Crippen LogP contribution in [0, 0.1) is 13.8 Å². The molecule has 0 aliphatic carbocycles. The van der Waals surface area contributed by atoms with Crippen LogP contribution in [0.25, 0.3) is 5.82 Å². The number of amides is 1. The van der Waals surface area contributed by atoms with Crippen molar-refractivity contribution < 1.29 is 4.79 Å². The molecule has 2 aromatic heterocycles. The molecule has 5 rings (SSSR count). The number of rotatable bonds is 6. The largest absolute Gasteiger partial charge is 0.339 e. The predicted octanol–water partition coefficient (Wildman–Crippen LogP) is 2.98. The Morgan fingerprint density at radius 1 is 0.833 bits per heavy atom. The van der Waals surface area contributed by atoms with Crippen molar-refractivity contribution in [3.05, 3.63) is 112 Å². The summed E-state index contributed by atoms with van der Waals surface area (Å²) in [6.45, 7) is 6.43. The molecule has 1 fully saturated rings. The van der Waals surface area contributed by atoms with E-state index in [0.29, 0.717) is 18.9 Å². The lowest BCUT2D eigenvalue weighted by Crippen LogP contribution is -2.51. The smallest absolute Gasteiger partial charge is 0.267 e. The van der Waals surface area contributed by atoms with Crippen molar-refractivity contribution in [2.24, 2.45) is 0 Å². The van der Waals surface area contributed by atoms with E-state index in [0.717, 1.165) is 24.5 Å². The molecule has 1 aliphatic rings. The Balaban J connectivity index is 1.29. The minimum absolute atomic E-state index is 0.0905. The van der Waals surface area contributed by atoms with Gasteiger partial charge in [-0.3, -0.25) is 14.5 Å². The Bertz CT molecular complexity index is 1350. The molecule has 4 aromatic rings. The lowest BCUT2D eigenvalue weighted by atomic mass is 9.96. The number of hydrogen-bond donors (Lipinski definition) is 0. The van der Waals surface area contributed by atoms with Gasteiger partial charge in [0.2, 0.25) is 5.91 Å². The molecular weight excluding hydrogens is 452 g/mol. The van der Waals surface area contributed by atoms with E-state index in [2.05, 4.69) is 63.6 Å². The number of carbonyl (C=O) groups is 1. The van der Waals surface area contributed by atoms with Crippen molar-refractivity contribution in [2.45, 2.75) is 26.4 Å². The van der Waals surface area contributed by atoms with Gasteiger partial charge in [-0.15, -0.1) is 5.10 Å². The van der Waals surface area contributed by atoms with Crippen molar-refractivity contribution in [1.82, 2.24) is 29.4 Å². The summed E-state index contributed by atoms with van der Waals surface area (Å²) in [5.74, 6) is 0.414. The summed E-state index contributed by atoms with van der Waals surface area (Å²) in [6.07, 6.45) is 0. The van der Waals surface area contributed by atoms with E-state index < -0.39 is 0 Å². The van der Waals surface area contributed by atoms with Crippen molar-refractivity contribution in [1.29, 1.82) is 0 Å². The Morgan fingerprint density at radius 2 is 1.44 bits per heavy atom. The number of aryl methyl sites for hydroxylation is 2.